The molecule has 5 nitrogen and oxygen atoms in total. The van der Waals surface area contributed by atoms with Crippen LogP contribution < -0.4 is 10.1 Å². The summed E-state index contributed by atoms with van der Waals surface area (Å²) >= 11 is 3.03. The number of Topliss-reactive ketones (excluding diaryl/α,β-unsaturated/α-hetero) is 1. The van der Waals surface area contributed by atoms with Crippen molar-refractivity contribution in [1.82, 2.24) is 5.16 Å². The predicted molar refractivity (Wildman–Crippen MR) is 92.4 cm³/mol. The number of fused-ring (bicyclic) bond motifs is 1. The fourth-order valence-electron chi connectivity index (χ4n) is 2.32. The average Bonchev–Trinajstić information content (AvgIpc) is 3.04. The van der Waals surface area contributed by atoms with E-state index in [9.17, 15) is 9.18 Å². The summed E-state index contributed by atoms with van der Waals surface area (Å²) in [6.07, 6.45) is 0. The van der Waals surface area contributed by atoms with Crippen molar-refractivity contribution in [3.8, 4) is 5.75 Å². The number of nitrogens with zero attached hydrogens (tertiary/aromatic N) is 1. The van der Waals surface area contributed by atoms with Gasteiger partial charge in [-0.15, -0.1) is 0 Å². The number of ether oxygens (including phenoxy) is 1. The highest BCUT2D eigenvalue weighted by molar-refractivity contribution is 9.09. The normalized spacial score (nSPS) is 10.8. The maximum atomic E-state index is 14.3. The quantitative estimate of drug-likeness (QED) is 0.503. The van der Waals surface area contributed by atoms with Crippen LogP contribution in [0.15, 0.2) is 40.9 Å². The van der Waals surface area contributed by atoms with E-state index in [0.717, 1.165) is 11.3 Å². The second-order valence-corrected chi connectivity index (χ2v) is 5.65. The lowest BCUT2D eigenvalue weighted by atomic mass is 10.1. The molecule has 0 fully saturated rings. The number of methoxy groups -OCH3 is 1. The molecule has 1 N–H and O–H groups in total. The molecule has 0 unspecified atom stereocenters. The molecule has 7 heteroatoms. The number of halogens is 2. The lowest BCUT2D eigenvalue weighted by Gasteiger charge is -2.05. The molecular weight excluding hydrogens is 379 g/mol. The van der Waals surface area contributed by atoms with Crippen LogP contribution in [0, 0.1) is 5.82 Å². The number of carbonyl (C=O) groups excluding carboxylic acids is 1. The Kier molecular flexibility index (Phi) is 4.80. The molecule has 3 aromatic rings. The summed E-state index contributed by atoms with van der Waals surface area (Å²) in [5.74, 6) is 0.162. The van der Waals surface area contributed by atoms with Crippen molar-refractivity contribution < 1.29 is 18.4 Å². The van der Waals surface area contributed by atoms with Crippen LogP contribution in [0.4, 0.5) is 10.2 Å². The zero-order valence-corrected chi connectivity index (χ0v) is 14.4. The monoisotopic (exact) mass is 392 g/mol. The second kappa shape index (κ2) is 7.00. The van der Waals surface area contributed by atoms with Crippen LogP contribution in [-0.4, -0.2) is 23.4 Å². The summed E-state index contributed by atoms with van der Waals surface area (Å²) in [6, 6.07) is 10.6. The van der Waals surface area contributed by atoms with Crippen molar-refractivity contribution in [3.63, 3.8) is 0 Å². The van der Waals surface area contributed by atoms with Gasteiger partial charge in [0.1, 0.15) is 5.75 Å². The third-order valence-electron chi connectivity index (χ3n) is 3.62. The largest absolute Gasteiger partial charge is 0.497 e. The van der Waals surface area contributed by atoms with E-state index in [1.165, 1.54) is 6.07 Å². The van der Waals surface area contributed by atoms with E-state index < -0.39 is 5.82 Å². The van der Waals surface area contributed by atoms with Gasteiger partial charge in [0.2, 0.25) is 5.58 Å². The topological polar surface area (TPSA) is 64.4 Å². The number of hydrogen-bond acceptors (Lipinski definition) is 5. The van der Waals surface area contributed by atoms with E-state index in [-0.39, 0.29) is 22.3 Å². The molecule has 0 bridgehead atoms. The number of carbonyl (C=O) groups is 1. The van der Waals surface area contributed by atoms with Crippen LogP contribution in [0.2, 0.25) is 0 Å². The van der Waals surface area contributed by atoms with Gasteiger partial charge >= 0.3 is 0 Å². The van der Waals surface area contributed by atoms with Crippen molar-refractivity contribution in [1.29, 1.82) is 0 Å². The minimum absolute atomic E-state index is 0.0165. The molecule has 1 heterocycles. The molecule has 3 rings (SSSR count). The van der Waals surface area contributed by atoms with Crippen LogP contribution in [0.25, 0.3) is 11.0 Å². The Labute approximate surface area is 145 Å². The molecule has 0 saturated carbocycles. The lowest BCUT2D eigenvalue weighted by molar-refractivity contribution is 0.102. The van der Waals surface area contributed by atoms with E-state index in [4.69, 9.17) is 9.26 Å². The van der Waals surface area contributed by atoms with Gasteiger partial charge in [-0.25, -0.2) is 4.39 Å². The van der Waals surface area contributed by atoms with Crippen molar-refractivity contribution in [2.45, 2.75) is 6.54 Å². The van der Waals surface area contributed by atoms with Gasteiger partial charge in [-0.3, -0.25) is 4.79 Å². The third kappa shape index (κ3) is 3.12. The maximum absolute atomic E-state index is 14.3. The van der Waals surface area contributed by atoms with Crippen molar-refractivity contribution in [2.75, 3.05) is 17.8 Å². The van der Waals surface area contributed by atoms with Crippen LogP contribution >= 0.6 is 15.9 Å². The molecule has 2 aromatic carbocycles. The molecule has 24 heavy (non-hydrogen) atoms. The van der Waals surface area contributed by atoms with Gasteiger partial charge in [-0.1, -0.05) is 33.2 Å². The first kappa shape index (κ1) is 16.4. The third-order valence-corrected chi connectivity index (χ3v) is 4.13. The number of anilines is 1. The highest BCUT2D eigenvalue weighted by Crippen LogP contribution is 2.28. The highest BCUT2D eigenvalue weighted by atomic mass is 79.9. The number of ketones is 1. The van der Waals surface area contributed by atoms with Gasteiger partial charge in [0.15, 0.2) is 17.4 Å². The summed E-state index contributed by atoms with van der Waals surface area (Å²) in [4.78, 5) is 11.7. The molecule has 0 aliphatic heterocycles. The zero-order valence-electron chi connectivity index (χ0n) is 12.8. The number of hydrogen-bond donors (Lipinski definition) is 1. The summed E-state index contributed by atoms with van der Waals surface area (Å²) in [5, 5.41) is 7.50. The Morgan fingerprint density at radius 2 is 2.04 bits per heavy atom. The van der Waals surface area contributed by atoms with Crippen LogP contribution in [0.3, 0.4) is 0 Å². The summed E-state index contributed by atoms with van der Waals surface area (Å²) in [6.45, 7) is 0.495. The molecule has 0 aliphatic rings. The van der Waals surface area contributed by atoms with Gasteiger partial charge < -0.3 is 14.6 Å². The van der Waals surface area contributed by atoms with E-state index in [1.807, 2.05) is 24.3 Å². The first-order valence-corrected chi connectivity index (χ1v) is 8.30. The Morgan fingerprint density at radius 3 is 2.71 bits per heavy atom. The average molecular weight is 393 g/mol. The van der Waals surface area contributed by atoms with E-state index >= 15 is 0 Å². The van der Waals surface area contributed by atoms with E-state index in [1.54, 1.807) is 13.2 Å². The number of aromatic nitrogens is 1. The molecule has 0 spiro atoms. The second-order valence-electron chi connectivity index (χ2n) is 5.09. The zero-order chi connectivity index (χ0) is 17.1. The molecule has 0 saturated heterocycles. The number of alkyl halides is 1. The highest BCUT2D eigenvalue weighted by Gasteiger charge is 2.19. The van der Waals surface area contributed by atoms with Crippen LogP contribution in [-0.2, 0) is 6.54 Å². The minimum atomic E-state index is -0.693. The van der Waals surface area contributed by atoms with Crippen molar-refractivity contribution in [2.24, 2.45) is 0 Å². The molecular formula is C17H14BrFN2O3. The Bertz CT molecular complexity index is 877. The molecule has 0 aliphatic carbocycles. The fourth-order valence-corrected chi connectivity index (χ4v) is 2.62. The van der Waals surface area contributed by atoms with Gasteiger partial charge in [-0.2, -0.15) is 0 Å². The van der Waals surface area contributed by atoms with E-state index in [0.29, 0.717) is 17.7 Å². The van der Waals surface area contributed by atoms with Crippen LogP contribution in [0.1, 0.15) is 15.9 Å². The first-order chi connectivity index (χ1) is 11.6. The van der Waals surface area contributed by atoms with Crippen molar-refractivity contribution in [3.05, 3.63) is 53.3 Å². The standard InChI is InChI=1S/C17H14BrFN2O3/c1-23-11-4-2-10(3-5-11)9-20-17-13-7-6-12(14(22)8-18)15(19)16(13)24-21-17/h2-7H,8-9H2,1H3,(H,20,21). The Hall–Kier alpha value is -2.41. The fraction of sp³-hybridized carbons (Fsp3) is 0.176. The molecule has 1 aromatic heterocycles. The summed E-state index contributed by atoms with van der Waals surface area (Å²) < 4.78 is 24.5. The Balaban J connectivity index is 1.82. The van der Waals surface area contributed by atoms with E-state index in [2.05, 4.69) is 26.4 Å². The van der Waals surface area contributed by atoms with Gasteiger partial charge in [0.25, 0.3) is 0 Å². The minimum Gasteiger partial charge on any atom is -0.497 e. The summed E-state index contributed by atoms with van der Waals surface area (Å²) in [5.41, 5.74) is 0.967. The Morgan fingerprint density at radius 1 is 1.29 bits per heavy atom. The molecule has 0 atom stereocenters. The number of rotatable bonds is 6. The van der Waals surface area contributed by atoms with Gasteiger partial charge in [0, 0.05) is 6.54 Å². The number of benzene rings is 2. The smallest absolute Gasteiger partial charge is 0.205 e. The predicted octanol–water partition coefficient (Wildman–Crippen LogP) is 4.17. The SMILES string of the molecule is COc1ccc(CNc2noc3c(F)c(C(=O)CBr)ccc23)cc1. The van der Waals surface area contributed by atoms with Crippen LogP contribution in [0.5, 0.6) is 5.75 Å². The molecule has 124 valence electrons. The van der Waals surface area contributed by atoms with Gasteiger partial charge in [0.05, 0.1) is 23.4 Å². The lowest BCUT2D eigenvalue weighted by Crippen LogP contribution is -2.03. The molecule has 0 radical (unpaired) electrons. The number of nitrogens with one attached hydrogen (secondary N) is 1. The first-order valence-electron chi connectivity index (χ1n) is 7.18. The molecule has 0 amide bonds. The maximum Gasteiger partial charge on any atom is 0.205 e. The summed E-state index contributed by atoms with van der Waals surface area (Å²) in [7, 11) is 1.61. The van der Waals surface area contributed by atoms with Gasteiger partial charge in [-0.05, 0) is 29.8 Å². The van der Waals surface area contributed by atoms with Crippen molar-refractivity contribution >= 4 is 38.5 Å².